The second-order valence-corrected chi connectivity index (χ2v) is 8.51. The lowest BCUT2D eigenvalue weighted by Crippen LogP contribution is -2.28. The molecule has 0 aliphatic heterocycles. The van der Waals surface area contributed by atoms with Crippen LogP contribution >= 0.6 is 38.9 Å². The number of rotatable bonds is 6. The normalized spacial score (nSPS) is 13.3. The van der Waals surface area contributed by atoms with Gasteiger partial charge in [-0.3, -0.25) is 0 Å². The van der Waals surface area contributed by atoms with Gasteiger partial charge in [0.1, 0.15) is 0 Å². The minimum atomic E-state index is -3.58. The summed E-state index contributed by atoms with van der Waals surface area (Å²) in [6.45, 7) is 2.04. The van der Waals surface area contributed by atoms with Crippen LogP contribution < -0.4 is 4.72 Å². The molecule has 21 heavy (non-hydrogen) atoms. The van der Waals surface area contributed by atoms with E-state index < -0.39 is 10.0 Å². The molecule has 3 nitrogen and oxygen atoms in total. The Morgan fingerprint density at radius 1 is 1.38 bits per heavy atom. The van der Waals surface area contributed by atoms with Crippen LogP contribution in [-0.2, 0) is 10.0 Å². The van der Waals surface area contributed by atoms with Crippen LogP contribution in [0.15, 0.2) is 45.1 Å². The SMILES string of the molecule is CCCC(NS(=O)(=O)c1ccc(Cl)c(Br)c1)c1cccs1. The molecule has 0 saturated carbocycles. The highest BCUT2D eigenvalue weighted by molar-refractivity contribution is 9.10. The van der Waals surface area contributed by atoms with Gasteiger partial charge in [0.05, 0.1) is 16.0 Å². The van der Waals surface area contributed by atoms with Gasteiger partial charge >= 0.3 is 0 Å². The van der Waals surface area contributed by atoms with Crippen molar-refractivity contribution in [1.29, 1.82) is 0 Å². The number of nitrogens with one attached hydrogen (secondary N) is 1. The largest absolute Gasteiger partial charge is 0.241 e. The first-order valence-electron chi connectivity index (χ1n) is 6.45. The van der Waals surface area contributed by atoms with E-state index in [1.54, 1.807) is 17.4 Å². The number of thiophene rings is 1. The first-order valence-corrected chi connectivity index (χ1v) is 9.98. The minimum absolute atomic E-state index is 0.200. The van der Waals surface area contributed by atoms with Crippen LogP contribution in [0.2, 0.25) is 5.02 Å². The van der Waals surface area contributed by atoms with E-state index in [0.717, 1.165) is 17.7 Å². The fourth-order valence-electron chi connectivity index (χ4n) is 1.94. The van der Waals surface area contributed by atoms with Gasteiger partial charge in [-0.1, -0.05) is 31.0 Å². The Balaban J connectivity index is 2.28. The highest BCUT2D eigenvalue weighted by Gasteiger charge is 2.22. The van der Waals surface area contributed by atoms with E-state index in [0.29, 0.717) is 9.50 Å². The maximum absolute atomic E-state index is 12.5. The van der Waals surface area contributed by atoms with E-state index in [-0.39, 0.29) is 10.9 Å². The van der Waals surface area contributed by atoms with Crippen molar-refractivity contribution in [3.63, 3.8) is 0 Å². The van der Waals surface area contributed by atoms with Crippen LogP contribution in [0.1, 0.15) is 30.7 Å². The summed E-state index contributed by atoms with van der Waals surface area (Å²) in [6, 6.07) is 8.27. The minimum Gasteiger partial charge on any atom is -0.207 e. The molecule has 1 atom stereocenters. The molecule has 1 aromatic heterocycles. The van der Waals surface area contributed by atoms with E-state index in [2.05, 4.69) is 20.7 Å². The van der Waals surface area contributed by atoms with Gasteiger partial charge in [-0.05, 0) is 52.0 Å². The number of hydrogen-bond donors (Lipinski definition) is 1. The topological polar surface area (TPSA) is 46.2 Å². The lowest BCUT2D eigenvalue weighted by molar-refractivity contribution is 0.540. The summed E-state index contributed by atoms with van der Waals surface area (Å²) in [7, 11) is -3.58. The predicted molar refractivity (Wildman–Crippen MR) is 91.4 cm³/mol. The van der Waals surface area contributed by atoms with Crippen molar-refractivity contribution in [3.05, 3.63) is 50.1 Å². The summed E-state index contributed by atoms with van der Waals surface area (Å²) in [6.07, 6.45) is 1.66. The number of benzene rings is 1. The molecule has 0 saturated heterocycles. The molecule has 0 spiro atoms. The van der Waals surface area contributed by atoms with E-state index >= 15 is 0 Å². The van der Waals surface area contributed by atoms with Crippen molar-refractivity contribution >= 4 is 48.9 Å². The van der Waals surface area contributed by atoms with Crippen molar-refractivity contribution in [2.24, 2.45) is 0 Å². The Morgan fingerprint density at radius 3 is 2.71 bits per heavy atom. The number of halogens is 2. The fourth-order valence-corrected chi connectivity index (χ4v) is 4.75. The number of hydrogen-bond acceptors (Lipinski definition) is 3. The van der Waals surface area contributed by atoms with Crippen molar-refractivity contribution in [1.82, 2.24) is 4.72 Å². The molecular weight excluding hydrogens is 394 g/mol. The molecule has 2 rings (SSSR count). The van der Waals surface area contributed by atoms with Gasteiger partial charge in [0, 0.05) is 9.35 Å². The zero-order valence-electron chi connectivity index (χ0n) is 11.3. The molecule has 2 aromatic rings. The zero-order valence-corrected chi connectivity index (χ0v) is 15.3. The first kappa shape index (κ1) is 17.0. The average Bonchev–Trinajstić information content (AvgIpc) is 2.95. The zero-order chi connectivity index (χ0) is 15.5. The standard InChI is InChI=1S/C14H15BrClNO2S2/c1-2-4-13(14-5-3-8-20-14)17-21(18,19)10-6-7-12(16)11(15)9-10/h3,5-9,13,17H,2,4H2,1H3. The molecule has 7 heteroatoms. The third kappa shape index (κ3) is 4.29. The monoisotopic (exact) mass is 407 g/mol. The predicted octanol–water partition coefficient (Wildman–Crippen LogP) is 4.98. The van der Waals surface area contributed by atoms with E-state index in [4.69, 9.17) is 11.6 Å². The van der Waals surface area contributed by atoms with Crippen LogP contribution in [0.4, 0.5) is 0 Å². The fraction of sp³-hybridized carbons (Fsp3) is 0.286. The summed E-state index contributed by atoms with van der Waals surface area (Å²) < 4.78 is 28.4. The highest BCUT2D eigenvalue weighted by atomic mass is 79.9. The van der Waals surface area contributed by atoms with E-state index in [1.807, 2.05) is 24.4 Å². The summed E-state index contributed by atoms with van der Waals surface area (Å²) in [5.74, 6) is 0. The van der Waals surface area contributed by atoms with Crippen LogP contribution in [0, 0.1) is 0 Å². The van der Waals surface area contributed by atoms with Crippen molar-refractivity contribution in [2.45, 2.75) is 30.7 Å². The molecule has 114 valence electrons. The van der Waals surface area contributed by atoms with Gasteiger partial charge < -0.3 is 0 Å². The third-order valence-corrected chi connectivity index (χ3v) is 6.63. The molecule has 0 aliphatic carbocycles. The second kappa shape index (κ2) is 7.24. The Bertz CT molecular complexity index is 702. The molecular formula is C14H15BrClNO2S2. The van der Waals surface area contributed by atoms with Crippen molar-refractivity contribution < 1.29 is 8.42 Å². The molecule has 0 bridgehead atoms. The van der Waals surface area contributed by atoms with Gasteiger partial charge in [0.25, 0.3) is 0 Å². The maximum Gasteiger partial charge on any atom is 0.241 e. The van der Waals surface area contributed by atoms with Gasteiger partial charge in [-0.25, -0.2) is 13.1 Å². The smallest absolute Gasteiger partial charge is 0.207 e. The Morgan fingerprint density at radius 2 is 2.14 bits per heavy atom. The van der Waals surface area contributed by atoms with E-state index in [9.17, 15) is 8.42 Å². The Hall–Kier alpha value is -0.400. The first-order chi connectivity index (χ1) is 9.94. The van der Waals surface area contributed by atoms with Crippen LogP contribution in [-0.4, -0.2) is 8.42 Å². The molecule has 1 aromatic carbocycles. The maximum atomic E-state index is 12.5. The third-order valence-electron chi connectivity index (χ3n) is 2.96. The molecule has 1 heterocycles. The summed E-state index contributed by atoms with van der Waals surface area (Å²) >= 11 is 10.7. The lowest BCUT2D eigenvalue weighted by atomic mass is 10.1. The van der Waals surface area contributed by atoms with E-state index in [1.165, 1.54) is 12.1 Å². The van der Waals surface area contributed by atoms with Crippen LogP contribution in [0.3, 0.4) is 0 Å². The molecule has 0 amide bonds. The highest BCUT2D eigenvalue weighted by Crippen LogP contribution is 2.28. The molecule has 0 fully saturated rings. The summed E-state index contributed by atoms with van der Waals surface area (Å²) in [5, 5.41) is 2.43. The quantitative estimate of drug-likeness (QED) is 0.732. The van der Waals surface area contributed by atoms with Crippen LogP contribution in [0.5, 0.6) is 0 Å². The molecule has 1 unspecified atom stereocenters. The Labute approximate surface area is 142 Å². The molecule has 0 radical (unpaired) electrons. The van der Waals surface area contributed by atoms with Gasteiger partial charge in [0.2, 0.25) is 10.0 Å². The van der Waals surface area contributed by atoms with Crippen LogP contribution in [0.25, 0.3) is 0 Å². The van der Waals surface area contributed by atoms with Crippen molar-refractivity contribution in [3.8, 4) is 0 Å². The number of sulfonamides is 1. The second-order valence-electron chi connectivity index (χ2n) is 4.55. The molecule has 0 aliphatic rings. The van der Waals surface area contributed by atoms with Gasteiger partial charge in [0.15, 0.2) is 0 Å². The lowest BCUT2D eigenvalue weighted by Gasteiger charge is -2.17. The van der Waals surface area contributed by atoms with Gasteiger partial charge in [-0.2, -0.15) is 0 Å². The van der Waals surface area contributed by atoms with Gasteiger partial charge in [-0.15, -0.1) is 11.3 Å². The summed E-state index contributed by atoms with van der Waals surface area (Å²) in [5.41, 5.74) is 0. The summed E-state index contributed by atoms with van der Waals surface area (Å²) in [4.78, 5) is 1.23. The molecule has 1 N–H and O–H groups in total. The average molecular weight is 409 g/mol. The Kier molecular flexibility index (Phi) is 5.85. The van der Waals surface area contributed by atoms with Crippen molar-refractivity contribution in [2.75, 3.05) is 0 Å².